The monoisotopic (exact) mass is 248 g/mol. The van der Waals surface area contributed by atoms with Crippen molar-refractivity contribution in [2.75, 3.05) is 6.54 Å². The largest absolute Gasteiger partial charge is 0.357 e. The molecule has 1 aliphatic heterocycles. The van der Waals surface area contributed by atoms with Crippen molar-refractivity contribution in [1.29, 1.82) is 0 Å². The van der Waals surface area contributed by atoms with E-state index in [2.05, 4.69) is 64.9 Å². The topological polar surface area (TPSA) is 27.8 Å². The molecule has 1 aromatic heterocycles. The molecule has 0 aliphatic carbocycles. The lowest BCUT2D eigenvalue weighted by atomic mass is 9.94. The summed E-state index contributed by atoms with van der Waals surface area (Å²) in [5, 5.41) is 5.00. The molecule has 0 spiro atoms. The number of aromatic amines is 1. The van der Waals surface area contributed by atoms with Crippen molar-refractivity contribution in [3.8, 4) is 0 Å². The molecule has 2 N–H and O–H groups in total. The van der Waals surface area contributed by atoms with Gasteiger partial charge in [0.15, 0.2) is 0 Å². The molecule has 3 aromatic rings. The molecule has 2 heteroatoms. The van der Waals surface area contributed by atoms with Gasteiger partial charge >= 0.3 is 0 Å². The second-order valence-electron chi connectivity index (χ2n) is 5.11. The Morgan fingerprint density at radius 1 is 0.895 bits per heavy atom. The second kappa shape index (κ2) is 4.25. The predicted octanol–water partition coefficient (Wildman–Crippen LogP) is 3.40. The van der Waals surface area contributed by atoms with Gasteiger partial charge < -0.3 is 10.3 Å². The molecule has 0 radical (unpaired) electrons. The van der Waals surface area contributed by atoms with Crippen LogP contribution in [-0.4, -0.2) is 11.5 Å². The zero-order valence-corrected chi connectivity index (χ0v) is 10.7. The van der Waals surface area contributed by atoms with Gasteiger partial charge in [0.05, 0.1) is 6.04 Å². The standard InChI is InChI=1S/C17H16N2/c1-2-6-12(7-3-1)16-17-14(10-11-18-16)13-8-4-5-9-15(13)19-17/h1-9,16,18-19H,10-11H2/t16-/m0/s1. The van der Waals surface area contributed by atoms with E-state index in [-0.39, 0.29) is 6.04 Å². The SMILES string of the molecule is c1ccc([C@@H]2NCCc3c2[nH]c2ccccc32)cc1. The van der Waals surface area contributed by atoms with Crippen LogP contribution >= 0.6 is 0 Å². The van der Waals surface area contributed by atoms with E-state index < -0.39 is 0 Å². The third-order valence-electron chi connectivity index (χ3n) is 3.99. The Bertz CT molecular complexity index is 712. The molecule has 0 unspecified atom stereocenters. The normalized spacial score (nSPS) is 18.4. The molecule has 0 saturated carbocycles. The van der Waals surface area contributed by atoms with Crippen molar-refractivity contribution < 1.29 is 0 Å². The first-order valence-electron chi connectivity index (χ1n) is 6.81. The molecule has 1 aliphatic rings. The van der Waals surface area contributed by atoms with Gasteiger partial charge in [-0.1, -0.05) is 48.5 Å². The molecule has 1 atom stereocenters. The van der Waals surface area contributed by atoms with Crippen LogP contribution in [0.5, 0.6) is 0 Å². The van der Waals surface area contributed by atoms with E-state index in [9.17, 15) is 0 Å². The van der Waals surface area contributed by atoms with Gasteiger partial charge in [-0.3, -0.25) is 0 Å². The number of hydrogen-bond donors (Lipinski definition) is 2. The van der Waals surface area contributed by atoms with Crippen molar-refractivity contribution in [3.05, 3.63) is 71.4 Å². The molecule has 2 heterocycles. The highest BCUT2D eigenvalue weighted by atomic mass is 15.0. The maximum absolute atomic E-state index is 3.62. The first-order chi connectivity index (χ1) is 9.43. The minimum atomic E-state index is 0.289. The summed E-state index contributed by atoms with van der Waals surface area (Å²) in [6.45, 7) is 1.04. The lowest BCUT2D eigenvalue weighted by Gasteiger charge is -2.24. The van der Waals surface area contributed by atoms with Gasteiger partial charge in [0.25, 0.3) is 0 Å². The minimum Gasteiger partial charge on any atom is -0.357 e. The molecule has 2 aromatic carbocycles. The fraction of sp³-hybridized carbons (Fsp3) is 0.176. The van der Waals surface area contributed by atoms with Gasteiger partial charge in [-0.05, 0) is 23.6 Å². The lowest BCUT2D eigenvalue weighted by molar-refractivity contribution is 0.560. The third kappa shape index (κ3) is 1.68. The molecule has 0 amide bonds. The summed E-state index contributed by atoms with van der Waals surface area (Å²) in [5.74, 6) is 0. The van der Waals surface area contributed by atoms with Crippen molar-refractivity contribution in [3.63, 3.8) is 0 Å². The highest BCUT2D eigenvalue weighted by Crippen LogP contribution is 2.33. The molecular formula is C17H16N2. The number of rotatable bonds is 1. The van der Waals surface area contributed by atoms with Crippen molar-refractivity contribution >= 4 is 10.9 Å². The maximum atomic E-state index is 3.62. The Labute approximate surface area is 112 Å². The van der Waals surface area contributed by atoms with Gasteiger partial charge in [0.1, 0.15) is 0 Å². The maximum Gasteiger partial charge on any atom is 0.0732 e. The summed E-state index contributed by atoms with van der Waals surface area (Å²) in [6.07, 6.45) is 1.10. The smallest absolute Gasteiger partial charge is 0.0732 e. The van der Waals surface area contributed by atoms with Crippen LogP contribution in [0.2, 0.25) is 0 Å². The van der Waals surface area contributed by atoms with Crippen LogP contribution in [0, 0.1) is 0 Å². The number of para-hydroxylation sites is 1. The number of aromatic nitrogens is 1. The van der Waals surface area contributed by atoms with Crippen LogP contribution in [0.1, 0.15) is 22.9 Å². The van der Waals surface area contributed by atoms with Gasteiger partial charge in [-0.2, -0.15) is 0 Å². The summed E-state index contributed by atoms with van der Waals surface area (Å²) in [7, 11) is 0. The Morgan fingerprint density at radius 3 is 2.58 bits per heavy atom. The molecule has 2 nitrogen and oxygen atoms in total. The molecular weight excluding hydrogens is 232 g/mol. The Morgan fingerprint density at radius 2 is 1.68 bits per heavy atom. The van der Waals surface area contributed by atoms with Crippen molar-refractivity contribution in [2.45, 2.75) is 12.5 Å². The number of H-pyrrole nitrogens is 1. The van der Waals surface area contributed by atoms with Gasteiger partial charge in [-0.25, -0.2) is 0 Å². The zero-order chi connectivity index (χ0) is 12.7. The first kappa shape index (κ1) is 10.8. The van der Waals surface area contributed by atoms with E-state index in [0.29, 0.717) is 0 Å². The minimum absolute atomic E-state index is 0.289. The molecule has 94 valence electrons. The van der Waals surface area contributed by atoms with E-state index in [1.54, 1.807) is 0 Å². The molecule has 19 heavy (non-hydrogen) atoms. The average Bonchev–Trinajstić information content (AvgIpc) is 2.87. The van der Waals surface area contributed by atoms with Crippen LogP contribution in [0.25, 0.3) is 10.9 Å². The van der Waals surface area contributed by atoms with Crippen LogP contribution in [0.3, 0.4) is 0 Å². The van der Waals surface area contributed by atoms with Gasteiger partial charge in [0.2, 0.25) is 0 Å². The Kier molecular flexibility index (Phi) is 2.42. The van der Waals surface area contributed by atoms with E-state index in [4.69, 9.17) is 0 Å². The average molecular weight is 248 g/mol. The highest BCUT2D eigenvalue weighted by Gasteiger charge is 2.24. The van der Waals surface area contributed by atoms with E-state index >= 15 is 0 Å². The van der Waals surface area contributed by atoms with Crippen molar-refractivity contribution in [1.82, 2.24) is 10.3 Å². The second-order valence-corrected chi connectivity index (χ2v) is 5.11. The highest BCUT2D eigenvalue weighted by molar-refractivity contribution is 5.85. The molecule has 0 fully saturated rings. The number of hydrogen-bond acceptors (Lipinski definition) is 1. The van der Waals surface area contributed by atoms with E-state index in [0.717, 1.165) is 13.0 Å². The number of fused-ring (bicyclic) bond motifs is 3. The van der Waals surface area contributed by atoms with E-state index in [1.165, 1.54) is 27.7 Å². The zero-order valence-electron chi connectivity index (χ0n) is 10.7. The fourth-order valence-corrected chi connectivity index (χ4v) is 3.11. The Hall–Kier alpha value is -2.06. The van der Waals surface area contributed by atoms with Crippen molar-refractivity contribution in [2.24, 2.45) is 0 Å². The quantitative estimate of drug-likeness (QED) is 0.678. The molecule has 0 bridgehead atoms. The fourth-order valence-electron chi connectivity index (χ4n) is 3.11. The summed E-state index contributed by atoms with van der Waals surface area (Å²) < 4.78 is 0. The third-order valence-corrected chi connectivity index (χ3v) is 3.99. The van der Waals surface area contributed by atoms with Crippen LogP contribution in [0.15, 0.2) is 54.6 Å². The van der Waals surface area contributed by atoms with Crippen LogP contribution in [0.4, 0.5) is 0 Å². The van der Waals surface area contributed by atoms with Crippen LogP contribution < -0.4 is 5.32 Å². The van der Waals surface area contributed by atoms with E-state index in [1.807, 2.05) is 0 Å². The van der Waals surface area contributed by atoms with Crippen LogP contribution in [-0.2, 0) is 6.42 Å². The summed E-state index contributed by atoms with van der Waals surface area (Å²) in [4.78, 5) is 3.60. The van der Waals surface area contributed by atoms with Gasteiger partial charge in [0, 0.05) is 23.1 Å². The predicted molar refractivity (Wildman–Crippen MR) is 78.3 cm³/mol. The molecule has 4 rings (SSSR count). The summed E-state index contributed by atoms with van der Waals surface area (Å²) in [5.41, 5.74) is 5.38. The Balaban J connectivity index is 1.91. The lowest BCUT2D eigenvalue weighted by Crippen LogP contribution is -2.30. The number of nitrogens with one attached hydrogen (secondary N) is 2. The first-order valence-corrected chi connectivity index (χ1v) is 6.81. The van der Waals surface area contributed by atoms with Gasteiger partial charge in [-0.15, -0.1) is 0 Å². The summed E-state index contributed by atoms with van der Waals surface area (Å²) in [6, 6.07) is 19.5. The summed E-state index contributed by atoms with van der Waals surface area (Å²) >= 11 is 0. The number of benzene rings is 2. The molecule has 0 saturated heterocycles.